The summed E-state index contributed by atoms with van der Waals surface area (Å²) < 4.78 is 12.8. The number of nitrogens with two attached hydrogens (primary N) is 1. The van der Waals surface area contributed by atoms with Gasteiger partial charge in [0.25, 0.3) is 0 Å². The minimum Gasteiger partial charge on any atom is -0.508 e. The molecule has 0 heterocycles. The molecule has 0 aromatic heterocycles. The summed E-state index contributed by atoms with van der Waals surface area (Å²) in [5.74, 6) is -0.412. The predicted molar refractivity (Wildman–Crippen MR) is 62.8 cm³/mol. The fraction of sp³-hybridized carbons (Fsp3) is 0.500. The van der Waals surface area contributed by atoms with Crippen molar-refractivity contribution in [1.82, 2.24) is 4.90 Å². The minimum atomic E-state index is -0.418. The van der Waals surface area contributed by atoms with Gasteiger partial charge in [-0.25, -0.2) is 4.39 Å². The maximum Gasteiger partial charge on any atom is 0.126 e. The van der Waals surface area contributed by atoms with Crippen molar-refractivity contribution in [2.75, 3.05) is 20.1 Å². The van der Waals surface area contributed by atoms with E-state index < -0.39 is 5.82 Å². The lowest BCUT2D eigenvalue weighted by Gasteiger charge is -2.25. The first kappa shape index (κ1) is 12.9. The number of halogens is 1. The zero-order valence-electron chi connectivity index (χ0n) is 9.78. The van der Waals surface area contributed by atoms with Gasteiger partial charge in [-0.2, -0.15) is 0 Å². The zero-order valence-corrected chi connectivity index (χ0v) is 9.78. The van der Waals surface area contributed by atoms with Crippen LogP contribution in [0.2, 0.25) is 0 Å². The van der Waals surface area contributed by atoms with Gasteiger partial charge in [0.05, 0.1) is 0 Å². The second-order valence-electron chi connectivity index (χ2n) is 4.00. The monoisotopic (exact) mass is 226 g/mol. The van der Waals surface area contributed by atoms with Crippen LogP contribution in [0, 0.1) is 5.82 Å². The van der Waals surface area contributed by atoms with E-state index in [2.05, 4.69) is 4.90 Å². The first-order chi connectivity index (χ1) is 7.56. The molecule has 0 bridgehead atoms. The van der Waals surface area contributed by atoms with Gasteiger partial charge in [0.2, 0.25) is 0 Å². The van der Waals surface area contributed by atoms with E-state index in [1.807, 2.05) is 14.0 Å². The summed E-state index contributed by atoms with van der Waals surface area (Å²) >= 11 is 0. The molecule has 1 rings (SSSR count). The molecule has 3 N–H and O–H groups in total. The molecule has 1 aromatic carbocycles. The Bertz CT molecular complexity index is 344. The van der Waals surface area contributed by atoms with E-state index in [0.29, 0.717) is 6.54 Å². The lowest BCUT2D eigenvalue weighted by atomic mass is 10.1. The SMILES string of the molecule is CC(c1ccc(F)cc1O)N(C)CCCN. The zero-order chi connectivity index (χ0) is 12.1. The van der Waals surface area contributed by atoms with Crippen LogP contribution in [-0.2, 0) is 0 Å². The van der Waals surface area contributed by atoms with Gasteiger partial charge in [-0.15, -0.1) is 0 Å². The van der Waals surface area contributed by atoms with E-state index in [0.717, 1.165) is 24.6 Å². The van der Waals surface area contributed by atoms with E-state index in [4.69, 9.17) is 5.73 Å². The molecule has 1 aromatic rings. The number of rotatable bonds is 5. The number of phenols is 1. The fourth-order valence-corrected chi connectivity index (χ4v) is 1.64. The molecule has 1 unspecified atom stereocenters. The van der Waals surface area contributed by atoms with Crippen molar-refractivity contribution < 1.29 is 9.50 Å². The molecule has 0 saturated heterocycles. The third-order valence-electron chi connectivity index (χ3n) is 2.82. The van der Waals surface area contributed by atoms with E-state index in [1.165, 1.54) is 6.07 Å². The Kier molecular flexibility index (Phi) is 4.71. The van der Waals surface area contributed by atoms with Gasteiger partial charge in [-0.1, -0.05) is 6.07 Å². The number of aromatic hydroxyl groups is 1. The van der Waals surface area contributed by atoms with Crippen LogP contribution in [-0.4, -0.2) is 30.1 Å². The van der Waals surface area contributed by atoms with E-state index in [-0.39, 0.29) is 11.8 Å². The Balaban J connectivity index is 2.75. The van der Waals surface area contributed by atoms with Gasteiger partial charge in [-0.05, 0) is 39.5 Å². The highest BCUT2D eigenvalue weighted by Gasteiger charge is 2.15. The Labute approximate surface area is 95.7 Å². The van der Waals surface area contributed by atoms with Crippen LogP contribution in [0.1, 0.15) is 24.9 Å². The second kappa shape index (κ2) is 5.82. The van der Waals surface area contributed by atoms with E-state index in [9.17, 15) is 9.50 Å². The largest absolute Gasteiger partial charge is 0.508 e. The molecule has 16 heavy (non-hydrogen) atoms. The summed E-state index contributed by atoms with van der Waals surface area (Å²) in [6.07, 6.45) is 0.906. The summed E-state index contributed by atoms with van der Waals surface area (Å²) in [6, 6.07) is 4.17. The maximum atomic E-state index is 12.8. The fourth-order valence-electron chi connectivity index (χ4n) is 1.64. The summed E-state index contributed by atoms with van der Waals surface area (Å²) in [6.45, 7) is 3.48. The molecule has 0 aliphatic heterocycles. The van der Waals surface area contributed by atoms with Gasteiger partial charge < -0.3 is 10.8 Å². The number of nitrogens with zero attached hydrogens (tertiary/aromatic N) is 1. The molecule has 0 fully saturated rings. The Morgan fingerprint density at radius 1 is 1.50 bits per heavy atom. The molecular formula is C12H19FN2O. The summed E-state index contributed by atoms with van der Waals surface area (Å²) in [7, 11) is 1.96. The van der Waals surface area contributed by atoms with Crippen molar-refractivity contribution in [1.29, 1.82) is 0 Å². The molecule has 0 spiro atoms. The smallest absolute Gasteiger partial charge is 0.126 e. The first-order valence-corrected chi connectivity index (χ1v) is 5.45. The number of benzene rings is 1. The Morgan fingerprint density at radius 3 is 2.75 bits per heavy atom. The highest BCUT2D eigenvalue weighted by atomic mass is 19.1. The van der Waals surface area contributed by atoms with Crippen molar-refractivity contribution in [2.24, 2.45) is 5.73 Å². The molecule has 4 heteroatoms. The molecule has 0 radical (unpaired) electrons. The molecule has 0 saturated carbocycles. The molecule has 90 valence electrons. The van der Waals surface area contributed by atoms with Crippen LogP contribution in [0.15, 0.2) is 18.2 Å². The van der Waals surface area contributed by atoms with Crippen LogP contribution in [0.25, 0.3) is 0 Å². The Morgan fingerprint density at radius 2 is 2.19 bits per heavy atom. The third kappa shape index (κ3) is 3.18. The van der Waals surface area contributed by atoms with E-state index in [1.54, 1.807) is 6.07 Å². The van der Waals surface area contributed by atoms with Crippen LogP contribution in [0.3, 0.4) is 0 Å². The van der Waals surface area contributed by atoms with Crippen LogP contribution in [0.5, 0.6) is 5.75 Å². The van der Waals surface area contributed by atoms with Gasteiger partial charge in [0, 0.05) is 17.7 Å². The maximum absolute atomic E-state index is 12.8. The molecule has 0 aliphatic carbocycles. The van der Waals surface area contributed by atoms with Gasteiger partial charge >= 0.3 is 0 Å². The van der Waals surface area contributed by atoms with E-state index >= 15 is 0 Å². The normalized spacial score (nSPS) is 13.1. The van der Waals surface area contributed by atoms with Crippen molar-refractivity contribution in [3.8, 4) is 5.75 Å². The molecule has 3 nitrogen and oxygen atoms in total. The highest BCUT2D eigenvalue weighted by molar-refractivity contribution is 5.34. The summed E-state index contributed by atoms with van der Waals surface area (Å²) in [5.41, 5.74) is 6.18. The topological polar surface area (TPSA) is 49.5 Å². The number of hydrogen-bond acceptors (Lipinski definition) is 3. The average molecular weight is 226 g/mol. The summed E-state index contributed by atoms with van der Waals surface area (Å²) in [5, 5.41) is 9.64. The van der Waals surface area contributed by atoms with Crippen molar-refractivity contribution in [3.05, 3.63) is 29.6 Å². The Hall–Kier alpha value is -1.13. The third-order valence-corrected chi connectivity index (χ3v) is 2.82. The minimum absolute atomic E-state index is 0.00657. The van der Waals surface area contributed by atoms with Crippen LogP contribution >= 0.6 is 0 Å². The standard InChI is InChI=1S/C12H19FN2O/c1-9(15(2)7-3-6-14)11-5-4-10(13)8-12(11)16/h4-5,8-9,16H,3,6-7,14H2,1-2H3. The molecular weight excluding hydrogens is 207 g/mol. The number of hydrogen-bond donors (Lipinski definition) is 2. The average Bonchev–Trinajstić information content (AvgIpc) is 2.25. The highest BCUT2D eigenvalue weighted by Crippen LogP contribution is 2.28. The first-order valence-electron chi connectivity index (χ1n) is 5.45. The molecule has 1 atom stereocenters. The van der Waals surface area contributed by atoms with Crippen molar-refractivity contribution in [2.45, 2.75) is 19.4 Å². The summed E-state index contributed by atoms with van der Waals surface area (Å²) in [4.78, 5) is 2.08. The second-order valence-corrected chi connectivity index (χ2v) is 4.00. The molecule has 0 amide bonds. The predicted octanol–water partition coefficient (Wildman–Crippen LogP) is 1.87. The molecule has 0 aliphatic rings. The number of phenolic OH excluding ortho intramolecular Hbond substituents is 1. The van der Waals surface area contributed by atoms with Crippen molar-refractivity contribution in [3.63, 3.8) is 0 Å². The lowest BCUT2D eigenvalue weighted by Crippen LogP contribution is -2.25. The van der Waals surface area contributed by atoms with Gasteiger partial charge in [0.15, 0.2) is 0 Å². The van der Waals surface area contributed by atoms with Gasteiger partial charge in [-0.3, -0.25) is 4.90 Å². The van der Waals surface area contributed by atoms with Crippen LogP contribution in [0.4, 0.5) is 4.39 Å². The van der Waals surface area contributed by atoms with Crippen LogP contribution < -0.4 is 5.73 Å². The van der Waals surface area contributed by atoms with Gasteiger partial charge in [0.1, 0.15) is 11.6 Å². The quantitative estimate of drug-likeness (QED) is 0.806. The van der Waals surface area contributed by atoms with Crippen molar-refractivity contribution >= 4 is 0 Å². The lowest BCUT2D eigenvalue weighted by molar-refractivity contribution is 0.254.